The van der Waals surface area contributed by atoms with Crippen molar-refractivity contribution in [2.45, 2.75) is 32.7 Å². The molecule has 0 aliphatic carbocycles. The molecule has 1 aromatic heterocycles. The zero-order valence-corrected chi connectivity index (χ0v) is 20.9. The molecule has 6 nitrogen and oxygen atoms in total. The molecule has 180 valence electrons. The highest BCUT2D eigenvalue weighted by Crippen LogP contribution is 2.38. The van der Waals surface area contributed by atoms with E-state index in [1.807, 2.05) is 30.3 Å². The van der Waals surface area contributed by atoms with Crippen molar-refractivity contribution in [3.8, 4) is 11.5 Å². The molecule has 1 saturated heterocycles. The van der Waals surface area contributed by atoms with Gasteiger partial charge in [-0.05, 0) is 61.4 Å². The molecule has 0 radical (unpaired) electrons. The first-order chi connectivity index (χ1) is 17.0. The molecule has 35 heavy (non-hydrogen) atoms. The number of aromatic nitrogens is 2. The number of hydrogen-bond donors (Lipinski definition) is 0. The predicted octanol–water partition coefficient (Wildman–Crippen LogP) is 5.91. The Labute approximate surface area is 210 Å². The van der Waals surface area contributed by atoms with Crippen LogP contribution < -0.4 is 14.4 Å². The Morgan fingerprint density at radius 1 is 1.06 bits per heavy atom. The Kier molecular flexibility index (Phi) is 6.39. The second-order valence-corrected chi connectivity index (χ2v) is 9.31. The number of anilines is 1. The Bertz CT molecular complexity index is 1400. The average molecular weight is 490 g/mol. The van der Waals surface area contributed by atoms with Crippen LogP contribution in [-0.2, 0) is 11.3 Å². The van der Waals surface area contributed by atoms with Gasteiger partial charge in [0.2, 0.25) is 5.91 Å². The van der Waals surface area contributed by atoms with Crippen molar-refractivity contribution in [2.24, 2.45) is 0 Å². The van der Waals surface area contributed by atoms with E-state index >= 15 is 0 Å². The summed E-state index contributed by atoms with van der Waals surface area (Å²) in [5.41, 5.74) is 5.00. The summed E-state index contributed by atoms with van der Waals surface area (Å²) in [5, 5.41) is 0.563. The van der Waals surface area contributed by atoms with E-state index in [0.29, 0.717) is 42.6 Å². The summed E-state index contributed by atoms with van der Waals surface area (Å²) in [5.74, 6) is 2.39. The number of amides is 1. The second-order valence-electron chi connectivity index (χ2n) is 8.88. The number of aryl methyl sites for hydroxylation is 1. The van der Waals surface area contributed by atoms with E-state index in [2.05, 4.69) is 30.5 Å². The van der Waals surface area contributed by atoms with Gasteiger partial charge in [-0.15, -0.1) is 0 Å². The molecular weight excluding hydrogens is 462 g/mol. The minimum absolute atomic E-state index is 0.0285. The standard InChI is InChI=1S/C28H28ClN3O3/c1-18-7-6-10-25(19(18)2)35-14-13-31-23-9-5-4-8-22(23)30-28(31)20-15-27(33)32(17-20)24-16-21(29)11-12-26(24)34-3/h4-12,16,20H,13-15,17H2,1-3H3/t20-/m1/s1. The quantitative estimate of drug-likeness (QED) is 0.323. The molecule has 0 unspecified atom stereocenters. The van der Waals surface area contributed by atoms with Crippen LogP contribution in [0, 0.1) is 13.8 Å². The molecule has 1 aliphatic rings. The van der Waals surface area contributed by atoms with Crippen molar-refractivity contribution in [1.82, 2.24) is 9.55 Å². The normalized spacial score (nSPS) is 15.7. The zero-order valence-electron chi connectivity index (χ0n) is 20.1. The molecule has 7 heteroatoms. The lowest BCUT2D eigenvalue weighted by atomic mass is 10.1. The monoisotopic (exact) mass is 489 g/mol. The van der Waals surface area contributed by atoms with Crippen molar-refractivity contribution >= 4 is 34.2 Å². The van der Waals surface area contributed by atoms with Crippen LogP contribution in [-0.4, -0.2) is 35.7 Å². The maximum atomic E-state index is 13.1. The fourth-order valence-electron chi connectivity index (χ4n) is 4.76. The fraction of sp³-hybridized carbons (Fsp3) is 0.286. The summed E-state index contributed by atoms with van der Waals surface area (Å²) in [6.07, 6.45) is 0.372. The molecule has 0 saturated carbocycles. The van der Waals surface area contributed by atoms with E-state index in [9.17, 15) is 4.79 Å². The SMILES string of the molecule is COc1ccc(Cl)cc1N1C[C@H](c2nc3ccccc3n2CCOc2cccc(C)c2C)CC1=O. The Hall–Kier alpha value is -3.51. The molecule has 1 amide bonds. The van der Waals surface area contributed by atoms with Gasteiger partial charge in [0, 0.05) is 23.9 Å². The van der Waals surface area contributed by atoms with Crippen LogP contribution in [0.2, 0.25) is 5.02 Å². The number of rotatable bonds is 7. The van der Waals surface area contributed by atoms with Crippen molar-refractivity contribution in [3.05, 3.63) is 82.6 Å². The van der Waals surface area contributed by atoms with Crippen LogP contribution in [0.5, 0.6) is 11.5 Å². The third kappa shape index (κ3) is 4.46. The Morgan fingerprint density at radius 3 is 2.71 bits per heavy atom. The molecule has 0 bridgehead atoms. The number of methoxy groups -OCH3 is 1. The van der Waals surface area contributed by atoms with Crippen molar-refractivity contribution < 1.29 is 14.3 Å². The first-order valence-electron chi connectivity index (χ1n) is 11.7. The summed E-state index contributed by atoms with van der Waals surface area (Å²) < 4.78 is 13.8. The van der Waals surface area contributed by atoms with Crippen LogP contribution in [0.25, 0.3) is 11.0 Å². The third-order valence-electron chi connectivity index (χ3n) is 6.73. The van der Waals surface area contributed by atoms with Crippen LogP contribution >= 0.6 is 11.6 Å². The van der Waals surface area contributed by atoms with Gasteiger partial charge in [0.25, 0.3) is 0 Å². The van der Waals surface area contributed by atoms with Crippen molar-refractivity contribution in [3.63, 3.8) is 0 Å². The Morgan fingerprint density at radius 2 is 1.89 bits per heavy atom. The molecule has 5 rings (SSSR count). The number of nitrogens with zero attached hydrogens (tertiary/aromatic N) is 3. The molecule has 0 spiro atoms. The van der Waals surface area contributed by atoms with Gasteiger partial charge in [0.15, 0.2) is 0 Å². The fourth-order valence-corrected chi connectivity index (χ4v) is 4.92. The molecular formula is C28H28ClN3O3. The first-order valence-corrected chi connectivity index (χ1v) is 12.1. The third-order valence-corrected chi connectivity index (χ3v) is 6.97. The van der Waals surface area contributed by atoms with Crippen molar-refractivity contribution in [2.75, 3.05) is 25.2 Å². The number of imidazole rings is 1. The number of para-hydroxylation sites is 2. The minimum atomic E-state index is -0.0562. The molecule has 3 aromatic carbocycles. The maximum absolute atomic E-state index is 13.1. The molecule has 1 atom stereocenters. The van der Waals surface area contributed by atoms with Crippen LogP contribution in [0.1, 0.15) is 29.3 Å². The van der Waals surface area contributed by atoms with E-state index < -0.39 is 0 Å². The molecule has 2 heterocycles. The molecule has 1 aliphatic heterocycles. The summed E-state index contributed by atoms with van der Waals surface area (Å²) in [6, 6.07) is 19.5. The molecule has 1 fully saturated rings. The van der Waals surface area contributed by atoms with Gasteiger partial charge in [0.05, 0.1) is 30.4 Å². The number of ether oxygens (including phenoxy) is 2. The summed E-state index contributed by atoms with van der Waals surface area (Å²) >= 11 is 6.24. The lowest BCUT2D eigenvalue weighted by molar-refractivity contribution is -0.117. The minimum Gasteiger partial charge on any atom is -0.495 e. The van der Waals surface area contributed by atoms with Gasteiger partial charge < -0.3 is 18.9 Å². The number of fused-ring (bicyclic) bond motifs is 1. The second kappa shape index (κ2) is 9.62. The van der Waals surface area contributed by atoms with E-state index in [-0.39, 0.29) is 11.8 Å². The van der Waals surface area contributed by atoms with E-state index in [1.165, 1.54) is 5.56 Å². The number of hydrogen-bond acceptors (Lipinski definition) is 4. The van der Waals surface area contributed by atoms with Gasteiger partial charge in [-0.3, -0.25) is 4.79 Å². The first kappa shape index (κ1) is 23.2. The van der Waals surface area contributed by atoms with Gasteiger partial charge in [0.1, 0.15) is 23.9 Å². The van der Waals surface area contributed by atoms with Gasteiger partial charge in [-0.1, -0.05) is 35.9 Å². The van der Waals surface area contributed by atoms with Crippen LogP contribution in [0.4, 0.5) is 5.69 Å². The largest absolute Gasteiger partial charge is 0.495 e. The lowest BCUT2D eigenvalue weighted by Crippen LogP contribution is -2.25. The summed E-state index contributed by atoms with van der Waals surface area (Å²) in [7, 11) is 1.60. The number of benzene rings is 3. The van der Waals surface area contributed by atoms with E-state index in [0.717, 1.165) is 28.2 Å². The predicted molar refractivity (Wildman–Crippen MR) is 139 cm³/mol. The Balaban J connectivity index is 1.43. The smallest absolute Gasteiger partial charge is 0.227 e. The van der Waals surface area contributed by atoms with Gasteiger partial charge in [-0.25, -0.2) is 4.98 Å². The van der Waals surface area contributed by atoms with Gasteiger partial charge in [-0.2, -0.15) is 0 Å². The van der Waals surface area contributed by atoms with E-state index in [4.69, 9.17) is 26.1 Å². The number of carbonyl (C=O) groups is 1. The van der Waals surface area contributed by atoms with Crippen molar-refractivity contribution in [1.29, 1.82) is 0 Å². The highest BCUT2D eigenvalue weighted by Gasteiger charge is 2.36. The molecule has 0 N–H and O–H groups in total. The summed E-state index contributed by atoms with van der Waals surface area (Å²) in [4.78, 5) is 19.8. The lowest BCUT2D eigenvalue weighted by Gasteiger charge is -2.20. The number of carbonyl (C=O) groups excluding carboxylic acids is 1. The maximum Gasteiger partial charge on any atom is 0.227 e. The van der Waals surface area contributed by atoms with E-state index in [1.54, 1.807) is 30.2 Å². The van der Waals surface area contributed by atoms with Gasteiger partial charge >= 0.3 is 0 Å². The van der Waals surface area contributed by atoms with Crippen LogP contribution in [0.3, 0.4) is 0 Å². The highest BCUT2D eigenvalue weighted by molar-refractivity contribution is 6.31. The highest BCUT2D eigenvalue weighted by atomic mass is 35.5. The zero-order chi connectivity index (χ0) is 24.5. The molecule has 4 aromatic rings. The number of halogens is 1. The average Bonchev–Trinajstić information content (AvgIpc) is 3.42. The van der Waals surface area contributed by atoms with Crippen LogP contribution in [0.15, 0.2) is 60.7 Å². The summed E-state index contributed by atoms with van der Waals surface area (Å²) in [6.45, 7) is 5.81. The topological polar surface area (TPSA) is 56.6 Å².